The number of benzene rings is 3. The van der Waals surface area contributed by atoms with Gasteiger partial charge in [0.1, 0.15) is 23.7 Å². The summed E-state index contributed by atoms with van der Waals surface area (Å²) in [6, 6.07) is 26.3. The third kappa shape index (κ3) is 6.36. The van der Waals surface area contributed by atoms with Gasteiger partial charge in [0.15, 0.2) is 0 Å². The lowest BCUT2D eigenvalue weighted by molar-refractivity contribution is -0.160. The largest absolute Gasteiger partial charge is 0.455 e. The molecule has 1 spiro atoms. The molecule has 10 heteroatoms. The Morgan fingerprint density at radius 2 is 1.54 bits per heavy atom. The second-order valence-corrected chi connectivity index (χ2v) is 13.3. The highest BCUT2D eigenvalue weighted by Gasteiger charge is 2.74. The van der Waals surface area contributed by atoms with E-state index in [1.54, 1.807) is 17.1 Å². The molecule has 258 valence electrons. The third-order valence-corrected chi connectivity index (χ3v) is 10.2. The van der Waals surface area contributed by atoms with Gasteiger partial charge in [-0.25, -0.2) is 0 Å². The minimum absolute atomic E-state index is 0.0535. The molecule has 3 amide bonds. The number of hydrogen-bond donors (Lipinski definition) is 2. The van der Waals surface area contributed by atoms with Gasteiger partial charge in [0, 0.05) is 19.5 Å². The normalized spacial score (nSPS) is 29.4. The quantitative estimate of drug-likeness (QED) is 0.290. The molecule has 10 nitrogen and oxygen atoms in total. The molecule has 0 aromatic heterocycles. The molecule has 5 bridgehead atoms. The van der Waals surface area contributed by atoms with Gasteiger partial charge in [-0.1, -0.05) is 115 Å². The van der Waals surface area contributed by atoms with Gasteiger partial charge in [-0.05, 0) is 29.5 Å². The smallest absolute Gasteiger partial charge is 0.313 e. The molecule has 0 unspecified atom stereocenters. The number of cyclic esters (lactones) is 1. The molecule has 0 saturated carbocycles. The number of amides is 3. The predicted molar refractivity (Wildman–Crippen MR) is 184 cm³/mol. The number of ether oxygens (including phenoxy) is 2. The lowest BCUT2D eigenvalue weighted by Crippen LogP contribution is -2.58. The van der Waals surface area contributed by atoms with Crippen molar-refractivity contribution in [2.45, 2.75) is 55.7 Å². The van der Waals surface area contributed by atoms with E-state index in [2.05, 4.69) is 5.32 Å². The first-order chi connectivity index (χ1) is 24.4. The molecule has 3 aromatic rings. The van der Waals surface area contributed by atoms with E-state index >= 15 is 4.79 Å². The summed E-state index contributed by atoms with van der Waals surface area (Å²) in [7, 11) is 0. The fourth-order valence-corrected chi connectivity index (χ4v) is 7.84. The molecule has 2 saturated heterocycles. The lowest BCUT2D eigenvalue weighted by Gasteiger charge is -2.39. The van der Waals surface area contributed by atoms with E-state index in [0.29, 0.717) is 18.4 Å². The third-order valence-electron chi connectivity index (χ3n) is 10.2. The zero-order chi connectivity index (χ0) is 34.7. The SMILES string of the molecule is O=C1CC/C=C\CN(Cc2ccccc2)C(=O)[C@H]2N([C@@H](CO)Cc3ccccc3)C(=O)[C@@H]3[C@@H](C(=O)O[C@@H](c4ccccc4)CN1)[C@H]1C=C[C@]32O1. The molecule has 2 N–H and O–H groups in total. The molecule has 0 aliphatic carbocycles. The second-order valence-electron chi connectivity index (χ2n) is 13.3. The fourth-order valence-electron chi connectivity index (χ4n) is 7.84. The van der Waals surface area contributed by atoms with E-state index in [4.69, 9.17) is 9.47 Å². The highest BCUT2D eigenvalue weighted by Crippen LogP contribution is 2.56. The predicted octanol–water partition coefficient (Wildman–Crippen LogP) is 3.52. The van der Waals surface area contributed by atoms with Crippen molar-refractivity contribution in [1.82, 2.24) is 15.1 Å². The number of nitrogens with zero attached hydrogens (tertiary/aromatic N) is 2. The molecule has 2 fully saturated rings. The van der Waals surface area contributed by atoms with Gasteiger partial charge in [0.05, 0.1) is 31.2 Å². The molecule has 4 aliphatic rings. The van der Waals surface area contributed by atoms with Crippen molar-refractivity contribution in [2.75, 3.05) is 19.7 Å². The summed E-state index contributed by atoms with van der Waals surface area (Å²) in [4.78, 5) is 60.1. The standard InChI is InChI=1S/C40H41N3O7/c44-26-30(23-27-13-5-1-6-14-27)43-36-38(47)42(25-28-15-7-2-8-16-28)22-12-4-11-19-33(45)41-24-32(29-17-9-3-10-18-29)49-39(48)34-31-20-21-40(36,50-31)35(34)37(43)46/h1-10,12-18,20-21,30-32,34-36,44H,11,19,22-26H2,(H,41,45)/b12-4-/t30-,31-,32-,34+,35+,36-,40+/m1/s1. The Kier molecular flexibility index (Phi) is 9.65. The van der Waals surface area contributed by atoms with Gasteiger partial charge < -0.3 is 29.7 Å². The monoisotopic (exact) mass is 675 g/mol. The van der Waals surface area contributed by atoms with Crippen molar-refractivity contribution >= 4 is 23.7 Å². The minimum Gasteiger partial charge on any atom is -0.455 e. The Labute approximate surface area is 291 Å². The van der Waals surface area contributed by atoms with Crippen LogP contribution in [0.3, 0.4) is 0 Å². The highest BCUT2D eigenvalue weighted by molar-refractivity contribution is 5.99. The summed E-state index contributed by atoms with van der Waals surface area (Å²) in [6.45, 7) is 0.122. The van der Waals surface area contributed by atoms with E-state index in [1.807, 2.05) is 103 Å². The molecule has 4 aliphatic heterocycles. The number of nitrogens with one attached hydrogen (secondary N) is 1. The van der Waals surface area contributed by atoms with Gasteiger partial charge >= 0.3 is 5.97 Å². The zero-order valence-corrected chi connectivity index (χ0v) is 27.7. The Morgan fingerprint density at radius 1 is 0.860 bits per heavy atom. The first kappa shape index (κ1) is 33.4. The Bertz CT molecular complexity index is 1770. The van der Waals surface area contributed by atoms with E-state index in [0.717, 1.165) is 11.1 Å². The van der Waals surface area contributed by atoms with Gasteiger partial charge in [-0.15, -0.1) is 0 Å². The van der Waals surface area contributed by atoms with Crippen LogP contribution in [0.1, 0.15) is 35.6 Å². The molecular weight excluding hydrogens is 634 g/mol. The average molecular weight is 676 g/mol. The first-order valence-electron chi connectivity index (χ1n) is 17.2. The van der Waals surface area contributed by atoms with Crippen LogP contribution in [0.5, 0.6) is 0 Å². The molecule has 4 heterocycles. The van der Waals surface area contributed by atoms with Gasteiger partial charge in [-0.2, -0.15) is 0 Å². The maximum absolute atomic E-state index is 15.0. The minimum atomic E-state index is -1.45. The maximum atomic E-state index is 15.0. The first-order valence-corrected chi connectivity index (χ1v) is 17.2. The summed E-state index contributed by atoms with van der Waals surface area (Å²) in [5, 5.41) is 13.7. The van der Waals surface area contributed by atoms with E-state index in [1.165, 1.54) is 4.90 Å². The topological polar surface area (TPSA) is 125 Å². The van der Waals surface area contributed by atoms with Crippen LogP contribution in [0.4, 0.5) is 0 Å². The number of carbonyl (C=O) groups excluding carboxylic acids is 4. The number of rotatable bonds is 7. The van der Waals surface area contributed by atoms with Crippen LogP contribution in [0.2, 0.25) is 0 Å². The number of hydrogen-bond acceptors (Lipinski definition) is 7. The molecule has 3 aromatic carbocycles. The fraction of sp³-hybridized carbons (Fsp3) is 0.350. The highest BCUT2D eigenvalue weighted by atomic mass is 16.6. The Balaban J connectivity index is 1.31. The van der Waals surface area contributed by atoms with Gasteiger partial charge in [0.25, 0.3) is 0 Å². The van der Waals surface area contributed by atoms with E-state index in [9.17, 15) is 19.5 Å². The number of esters is 1. The van der Waals surface area contributed by atoms with Crippen molar-refractivity contribution in [3.63, 3.8) is 0 Å². The van der Waals surface area contributed by atoms with Crippen LogP contribution in [0.25, 0.3) is 0 Å². The van der Waals surface area contributed by atoms with Crippen LogP contribution < -0.4 is 5.32 Å². The number of aliphatic hydroxyl groups excluding tert-OH is 1. The summed E-state index contributed by atoms with van der Waals surface area (Å²) in [5.74, 6) is -3.73. The van der Waals surface area contributed by atoms with Crippen molar-refractivity contribution < 1.29 is 33.8 Å². The van der Waals surface area contributed by atoms with Crippen LogP contribution in [0, 0.1) is 11.8 Å². The molecule has 7 rings (SSSR count). The summed E-state index contributed by atoms with van der Waals surface area (Å²) in [5.41, 5.74) is 1.03. The van der Waals surface area contributed by atoms with Crippen LogP contribution in [0.15, 0.2) is 115 Å². The summed E-state index contributed by atoms with van der Waals surface area (Å²) < 4.78 is 12.7. The summed E-state index contributed by atoms with van der Waals surface area (Å²) >= 11 is 0. The second kappa shape index (κ2) is 14.4. The molecule has 7 atom stereocenters. The average Bonchev–Trinajstić information content (AvgIpc) is 3.79. The van der Waals surface area contributed by atoms with Crippen molar-refractivity contribution in [2.24, 2.45) is 11.8 Å². The summed E-state index contributed by atoms with van der Waals surface area (Å²) in [6.07, 6.45) is 6.60. The van der Waals surface area contributed by atoms with Crippen LogP contribution >= 0.6 is 0 Å². The van der Waals surface area contributed by atoms with Gasteiger partial charge in [-0.3, -0.25) is 19.2 Å². The molecule has 0 radical (unpaired) electrons. The molecule has 50 heavy (non-hydrogen) atoms. The van der Waals surface area contributed by atoms with Crippen LogP contribution in [-0.4, -0.2) is 82.1 Å². The maximum Gasteiger partial charge on any atom is 0.313 e. The zero-order valence-electron chi connectivity index (χ0n) is 27.7. The van der Waals surface area contributed by atoms with Gasteiger partial charge in [0.2, 0.25) is 17.7 Å². The Hall–Kier alpha value is -5.06. The lowest BCUT2D eigenvalue weighted by atomic mass is 9.74. The van der Waals surface area contributed by atoms with Crippen molar-refractivity contribution in [1.29, 1.82) is 0 Å². The van der Waals surface area contributed by atoms with Crippen molar-refractivity contribution in [3.8, 4) is 0 Å². The number of allylic oxidation sites excluding steroid dienone is 1. The Morgan fingerprint density at radius 3 is 2.24 bits per heavy atom. The number of likely N-dealkylation sites (tertiary alicyclic amines) is 1. The van der Waals surface area contributed by atoms with E-state index in [-0.39, 0.29) is 37.9 Å². The number of aliphatic hydroxyl groups is 1. The van der Waals surface area contributed by atoms with Crippen LogP contribution in [-0.2, 0) is 41.6 Å². The number of fused-ring (bicyclic) bond motifs is 2. The van der Waals surface area contributed by atoms with Crippen molar-refractivity contribution in [3.05, 3.63) is 132 Å². The van der Waals surface area contributed by atoms with E-state index < -0.39 is 60.2 Å². The molecular formula is C40H41N3O7. The number of carbonyl (C=O) groups is 4.